The molecule has 1 aromatic heterocycles. The Morgan fingerprint density at radius 1 is 1.17 bits per heavy atom. The number of carbonyl (C=O) groups excluding carboxylic acids is 1. The Balaban J connectivity index is 2.65. The Morgan fingerprint density at radius 3 is 2.52 bits per heavy atom. The van der Waals surface area contributed by atoms with Crippen molar-refractivity contribution in [3.05, 3.63) is 21.4 Å². The third-order valence-electron chi connectivity index (χ3n) is 4.32. The molecule has 166 valence electrons. The Morgan fingerprint density at radius 2 is 1.90 bits per heavy atom. The Bertz CT molecular complexity index is 764. The molecular formula is C18H31N3O6S2. The topological polar surface area (TPSA) is 173 Å². The van der Waals surface area contributed by atoms with Crippen molar-refractivity contribution in [2.75, 3.05) is 6.54 Å². The van der Waals surface area contributed by atoms with Crippen molar-refractivity contribution < 1.29 is 27.7 Å². The molecule has 7 N–H and O–H groups in total. The van der Waals surface area contributed by atoms with E-state index in [9.17, 15) is 22.6 Å². The number of aryl methyl sites for hydroxylation is 1. The zero-order valence-electron chi connectivity index (χ0n) is 16.4. The van der Waals surface area contributed by atoms with Gasteiger partial charge in [0.2, 0.25) is 5.91 Å². The summed E-state index contributed by atoms with van der Waals surface area (Å²) in [6.45, 7) is 0.782. The van der Waals surface area contributed by atoms with Gasteiger partial charge in [0.25, 0.3) is 10.1 Å². The van der Waals surface area contributed by atoms with Crippen molar-refractivity contribution in [2.24, 2.45) is 11.5 Å². The van der Waals surface area contributed by atoms with Gasteiger partial charge in [-0.3, -0.25) is 14.1 Å². The van der Waals surface area contributed by atoms with Crippen LogP contribution in [-0.2, 0) is 38.4 Å². The molecule has 1 unspecified atom stereocenters. The normalized spacial score (nSPS) is 12.7. The van der Waals surface area contributed by atoms with Gasteiger partial charge in [-0.15, -0.1) is 11.3 Å². The molecule has 0 aliphatic rings. The molecule has 0 radical (unpaired) electrons. The first-order valence-corrected chi connectivity index (χ1v) is 12.1. The molecule has 9 nitrogen and oxygen atoms in total. The van der Waals surface area contributed by atoms with E-state index in [1.807, 2.05) is 0 Å². The quantitative estimate of drug-likeness (QED) is 0.197. The molecule has 11 heteroatoms. The summed E-state index contributed by atoms with van der Waals surface area (Å²) in [5, 5.41) is 11.4. The summed E-state index contributed by atoms with van der Waals surface area (Å²) in [7, 11) is -4.18. The van der Waals surface area contributed by atoms with Gasteiger partial charge in [0, 0.05) is 16.2 Å². The monoisotopic (exact) mass is 449 g/mol. The standard InChI is InChI=1S/C18H31N3O6S2/c19-9-5-4-6-15(20)18(24)21-11-14-10-13(12-29(25,26)27)16(28-14)7-2-1-3-8-17(22)23/h10,15H,1-9,11-12,19-20H2,(H,21,24)(H,22,23)(H,25,26,27). The molecule has 0 saturated heterocycles. The van der Waals surface area contributed by atoms with Gasteiger partial charge in [-0.05, 0) is 50.3 Å². The van der Waals surface area contributed by atoms with Crippen molar-refractivity contribution in [3.63, 3.8) is 0 Å². The van der Waals surface area contributed by atoms with Crippen LogP contribution in [0.4, 0.5) is 0 Å². The zero-order valence-corrected chi connectivity index (χ0v) is 18.1. The van der Waals surface area contributed by atoms with Crippen molar-refractivity contribution in [2.45, 2.75) is 69.7 Å². The van der Waals surface area contributed by atoms with Crippen LogP contribution in [0.3, 0.4) is 0 Å². The van der Waals surface area contributed by atoms with E-state index in [0.717, 1.165) is 22.6 Å². The average molecular weight is 450 g/mol. The number of hydrogen-bond donors (Lipinski definition) is 5. The van der Waals surface area contributed by atoms with E-state index in [2.05, 4.69) is 5.32 Å². The lowest BCUT2D eigenvalue weighted by atomic mass is 10.1. The maximum absolute atomic E-state index is 12.1. The minimum Gasteiger partial charge on any atom is -0.481 e. The minimum absolute atomic E-state index is 0.102. The lowest BCUT2D eigenvalue weighted by Crippen LogP contribution is -2.40. The van der Waals surface area contributed by atoms with Gasteiger partial charge in [-0.1, -0.05) is 12.8 Å². The van der Waals surface area contributed by atoms with Crippen molar-refractivity contribution in [1.29, 1.82) is 0 Å². The number of carboxylic acid groups (broad SMARTS) is 1. The summed E-state index contributed by atoms with van der Waals surface area (Å²) in [6, 6.07) is 1.05. The molecule has 0 fully saturated rings. The molecule has 1 heterocycles. The largest absolute Gasteiger partial charge is 0.481 e. The van der Waals surface area contributed by atoms with E-state index in [1.54, 1.807) is 6.07 Å². The van der Waals surface area contributed by atoms with E-state index in [1.165, 1.54) is 11.3 Å². The number of nitrogens with two attached hydrogens (primary N) is 2. The van der Waals surface area contributed by atoms with Crippen LogP contribution in [0, 0.1) is 0 Å². The van der Waals surface area contributed by atoms with Gasteiger partial charge in [0.05, 0.1) is 12.6 Å². The smallest absolute Gasteiger partial charge is 0.303 e. The zero-order chi connectivity index (χ0) is 21.9. The van der Waals surface area contributed by atoms with Crippen LogP contribution < -0.4 is 16.8 Å². The van der Waals surface area contributed by atoms with E-state index >= 15 is 0 Å². The second-order valence-corrected chi connectivity index (χ2v) is 9.62. The number of carbonyl (C=O) groups is 2. The van der Waals surface area contributed by atoms with Gasteiger partial charge in [0.1, 0.15) is 5.75 Å². The number of hydrogen-bond acceptors (Lipinski definition) is 7. The molecule has 0 spiro atoms. The third kappa shape index (κ3) is 11.3. The van der Waals surface area contributed by atoms with Gasteiger partial charge >= 0.3 is 5.97 Å². The summed E-state index contributed by atoms with van der Waals surface area (Å²) in [6.07, 6.45) is 4.79. The number of unbranched alkanes of at least 4 members (excludes halogenated alkanes) is 3. The fourth-order valence-electron chi connectivity index (χ4n) is 2.83. The Hall–Kier alpha value is -1.53. The number of rotatable bonds is 15. The molecule has 0 saturated carbocycles. The number of carboxylic acids is 1. The molecule has 1 rings (SSSR count). The van der Waals surface area contributed by atoms with Gasteiger partial charge in [0.15, 0.2) is 0 Å². The van der Waals surface area contributed by atoms with Gasteiger partial charge < -0.3 is 21.9 Å². The molecule has 29 heavy (non-hydrogen) atoms. The number of thiophene rings is 1. The molecule has 0 aliphatic carbocycles. The first kappa shape index (κ1) is 25.5. The van der Waals surface area contributed by atoms with E-state index in [0.29, 0.717) is 44.2 Å². The molecule has 0 bridgehead atoms. The van der Waals surface area contributed by atoms with Crippen LogP contribution in [-0.4, -0.2) is 42.5 Å². The number of amides is 1. The second-order valence-electron chi connectivity index (χ2n) is 6.95. The van der Waals surface area contributed by atoms with E-state index < -0.39 is 27.9 Å². The van der Waals surface area contributed by atoms with Crippen molar-refractivity contribution >= 4 is 33.3 Å². The average Bonchev–Trinajstić information content (AvgIpc) is 2.99. The van der Waals surface area contributed by atoms with Crippen LogP contribution in [0.5, 0.6) is 0 Å². The third-order valence-corrected chi connectivity index (χ3v) is 6.24. The fourth-order valence-corrected chi connectivity index (χ4v) is 4.74. The van der Waals surface area contributed by atoms with E-state index in [4.69, 9.17) is 16.6 Å². The predicted molar refractivity (Wildman–Crippen MR) is 112 cm³/mol. The van der Waals surface area contributed by atoms with Crippen LogP contribution >= 0.6 is 11.3 Å². The first-order chi connectivity index (χ1) is 13.6. The molecule has 1 atom stereocenters. The minimum atomic E-state index is -4.18. The molecule has 0 aliphatic heterocycles. The second kappa shape index (κ2) is 12.9. The van der Waals surface area contributed by atoms with Crippen LogP contribution in [0.15, 0.2) is 6.07 Å². The maximum Gasteiger partial charge on any atom is 0.303 e. The molecular weight excluding hydrogens is 418 g/mol. The summed E-state index contributed by atoms with van der Waals surface area (Å²) in [5.74, 6) is -1.60. The van der Waals surface area contributed by atoms with Crippen LogP contribution in [0.2, 0.25) is 0 Å². The highest BCUT2D eigenvalue weighted by molar-refractivity contribution is 7.85. The molecule has 1 aromatic rings. The van der Waals surface area contributed by atoms with Gasteiger partial charge in [-0.25, -0.2) is 0 Å². The van der Waals surface area contributed by atoms with Crippen LogP contribution in [0.1, 0.15) is 60.3 Å². The molecule has 1 amide bonds. The summed E-state index contributed by atoms with van der Waals surface area (Å²) < 4.78 is 31.8. The first-order valence-electron chi connectivity index (χ1n) is 9.63. The van der Waals surface area contributed by atoms with E-state index in [-0.39, 0.29) is 18.9 Å². The lowest BCUT2D eigenvalue weighted by molar-refractivity contribution is -0.137. The lowest BCUT2D eigenvalue weighted by Gasteiger charge is -2.11. The maximum atomic E-state index is 12.1. The summed E-state index contributed by atoms with van der Waals surface area (Å²) in [5.41, 5.74) is 11.8. The SMILES string of the molecule is NCCCCC(N)C(=O)NCc1cc(CS(=O)(=O)O)c(CCCCCC(=O)O)s1. The highest BCUT2D eigenvalue weighted by atomic mass is 32.2. The van der Waals surface area contributed by atoms with Crippen molar-refractivity contribution in [1.82, 2.24) is 5.32 Å². The van der Waals surface area contributed by atoms with Crippen molar-refractivity contribution in [3.8, 4) is 0 Å². The summed E-state index contributed by atoms with van der Waals surface area (Å²) >= 11 is 1.38. The number of nitrogens with one attached hydrogen (secondary N) is 1. The summed E-state index contributed by atoms with van der Waals surface area (Å²) in [4.78, 5) is 24.2. The molecule has 0 aromatic carbocycles. The Kier molecular flexibility index (Phi) is 11.4. The highest BCUT2D eigenvalue weighted by Gasteiger charge is 2.17. The Labute approximate surface area is 175 Å². The van der Waals surface area contributed by atoms with Crippen LogP contribution in [0.25, 0.3) is 0 Å². The highest BCUT2D eigenvalue weighted by Crippen LogP contribution is 2.26. The fraction of sp³-hybridized carbons (Fsp3) is 0.667. The van der Waals surface area contributed by atoms with Gasteiger partial charge in [-0.2, -0.15) is 8.42 Å². The number of aliphatic carboxylic acids is 1. The predicted octanol–water partition coefficient (Wildman–Crippen LogP) is 1.40.